The molecule has 0 saturated carbocycles. The first-order valence-electron chi connectivity index (χ1n) is 10.8. The zero-order chi connectivity index (χ0) is 22.9. The summed E-state index contributed by atoms with van der Waals surface area (Å²) in [5, 5.41) is 19.2. The summed E-state index contributed by atoms with van der Waals surface area (Å²) in [5.74, 6) is -0.433. The number of carbonyl (C=O) groups is 1. The maximum atomic E-state index is 12.7. The van der Waals surface area contributed by atoms with Gasteiger partial charge in [0.2, 0.25) is 0 Å². The molecule has 2 heterocycles. The number of ether oxygens (including phenoxy) is 1. The van der Waals surface area contributed by atoms with Crippen molar-refractivity contribution in [3.63, 3.8) is 0 Å². The highest BCUT2D eigenvalue weighted by Crippen LogP contribution is 2.47. The third kappa shape index (κ3) is 4.60. The first kappa shape index (κ1) is 22.6. The van der Waals surface area contributed by atoms with Crippen molar-refractivity contribution in [1.29, 1.82) is 0 Å². The number of carbonyl (C=O) groups excluding carboxylic acids is 1. The third-order valence-electron chi connectivity index (χ3n) is 5.87. The quantitative estimate of drug-likeness (QED) is 0.517. The van der Waals surface area contributed by atoms with Gasteiger partial charge in [-0.2, -0.15) is 0 Å². The van der Waals surface area contributed by atoms with Gasteiger partial charge in [0.25, 0.3) is 0 Å². The average molecular weight is 454 g/mol. The van der Waals surface area contributed by atoms with Crippen molar-refractivity contribution >= 4 is 17.6 Å². The van der Waals surface area contributed by atoms with E-state index in [1.54, 1.807) is 0 Å². The Labute approximate surface area is 193 Å². The Kier molecular flexibility index (Phi) is 6.42. The summed E-state index contributed by atoms with van der Waals surface area (Å²) in [7, 11) is 0. The highest BCUT2D eigenvalue weighted by molar-refractivity contribution is 6.30. The zero-order valence-electron chi connectivity index (χ0n) is 18.3. The first-order chi connectivity index (χ1) is 15.3. The molecule has 0 amide bonds. The number of esters is 1. The molecule has 1 aliphatic rings. The van der Waals surface area contributed by atoms with Crippen molar-refractivity contribution in [3.05, 3.63) is 71.0 Å². The molecule has 6 heteroatoms. The number of halogens is 1. The van der Waals surface area contributed by atoms with E-state index in [1.165, 1.54) is 5.69 Å². The molecule has 2 aromatic carbocycles. The van der Waals surface area contributed by atoms with Crippen LogP contribution in [0.1, 0.15) is 25.2 Å². The summed E-state index contributed by atoms with van der Waals surface area (Å²) in [4.78, 5) is 12.7. The number of benzene rings is 2. The van der Waals surface area contributed by atoms with Gasteiger partial charge in [-0.3, -0.25) is 4.79 Å². The average Bonchev–Trinajstić information content (AvgIpc) is 3.23. The highest BCUT2D eigenvalue weighted by Gasteiger charge is 2.36. The van der Waals surface area contributed by atoms with Crippen LogP contribution in [0, 0.1) is 5.41 Å². The fraction of sp³-hybridized carbons (Fsp3) is 0.346. The predicted octanol–water partition coefficient (Wildman–Crippen LogP) is 4.50. The van der Waals surface area contributed by atoms with Crippen LogP contribution >= 0.6 is 11.6 Å². The normalized spacial score (nSPS) is 15.4. The number of aliphatic hydroxyl groups excluding tert-OH is 2. The highest BCUT2D eigenvalue weighted by atomic mass is 35.5. The minimum absolute atomic E-state index is 0.0725. The maximum absolute atomic E-state index is 12.7. The Hall–Kier alpha value is -2.60. The summed E-state index contributed by atoms with van der Waals surface area (Å²) in [6.07, 6.45) is -0.103. The predicted molar refractivity (Wildman–Crippen MR) is 126 cm³/mol. The lowest BCUT2D eigenvalue weighted by atomic mass is 9.86. The molecule has 0 bridgehead atoms. The lowest BCUT2D eigenvalue weighted by Crippen LogP contribution is -2.23. The molecule has 168 valence electrons. The van der Waals surface area contributed by atoms with Crippen molar-refractivity contribution in [2.24, 2.45) is 5.41 Å². The van der Waals surface area contributed by atoms with Gasteiger partial charge in [-0.15, -0.1) is 0 Å². The van der Waals surface area contributed by atoms with E-state index in [2.05, 4.69) is 30.5 Å². The van der Waals surface area contributed by atoms with Crippen molar-refractivity contribution in [1.82, 2.24) is 4.57 Å². The van der Waals surface area contributed by atoms with E-state index in [0.29, 0.717) is 5.02 Å². The van der Waals surface area contributed by atoms with Crippen LogP contribution in [-0.2, 0) is 28.9 Å². The van der Waals surface area contributed by atoms with Crippen LogP contribution in [0.25, 0.3) is 22.3 Å². The molecule has 1 atom stereocenters. The molecule has 0 aliphatic carbocycles. The second-order valence-corrected chi connectivity index (χ2v) is 9.58. The van der Waals surface area contributed by atoms with Gasteiger partial charge in [-0.25, -0.2) is 0 Å². The number of aromatic nitrogens is 1. The molecular weight excluding hydrogens is 426 g/mol. The molecule has 0 radical (unpaired) electrons. The Morgan fingerprint density at radius 1 is 1.09 bits per heavy atom. The van der Waals surface area contributed by atoms with E-state index in [-0.39, 0.29) is 18.4 Å². The van der Waals surface area contributed by atoms with Crippen molar-refractivity contribution in [3.8, 4) is 22.3 Å². The number of nitrogens with zero attached hydrogens (tertiary/aromatic N) is 1. The van der Waals surface area contributed by atoms with E-state index in [1.807, 2.05) is 42.5 Å². The van der Waals surface area contributed by atoms with Gasteiger partial charge in [-0.1, -0.05) is 67.9 Å². The lowest BCUT2D eigenvalue weighted by Gasteiger charge is -2.19. The molecule has 5 nitrogen and oxygen atoms in total. The SMILES string of the molecule is CC1(C)Cc2c(-c3ccccc3)c(-c3ccc(Cl)cc3)c(CC(=O)OCC(O)CO)n2C1. The van der Waals surface area contributed by atoms with Crippen LogP contribution in [0.5, 0.6) is 0 Å². The fourth-order valence-corrected chi connectivity index (χ4v) is 4.62. The largest absolute Gasteiger partial charge is 0.463 e. The molecular formula is C26H28ClNO4. The van der Waals surface area contributed by atoms with Crippen molar-refractivity contribution in [2.75, 3.05) is 13.2 Å². The van der Waals surface area contributed by atoms with Gasteiger partial charge >= 0.3 is 5.97 Å². The van der Waals surface area contributed by atoms with E-state index >= 15 is 0 Å². The Morgan fingerprint density at radius 3 is 2.41 bits per heavy atom. The smallest absolute Gasteiger partial charge is 0.311 e. The molecule has 32 heavy (non-hydrogen) atoms. The molecule has 2 N–H and O–H groups in total. The molecule has 3 aromatic rings. The minimum atomic E-state index is -1.08. The van der Waals surface area contributed by atoms with Crippen LogP contribution in [0.2, 0.25) is 5.02 Å². The number of hydrogen-bond donors (Lipinski definition) is 2. The summed E-state index contributed by atoms with van der Waals surface area (Å²) < 4.78 is 7.51. The van der Waals surface area contributed by atoms with E-state index < -0.39 is 18.7 Å². The van der Waals surface area contributed by atoms with Crippen LogP contribution in [0.4, 0.5) is 0 Å². The second-order valence-electron chi connectivity index (χ2n) is 9.14. The summed E-state index contributed by atoms with van der Waals surface area (Å²) >= 11 is 6.15. The van der Waals surface area contributed by atoms with Gasteiger partial charge < -0.3 is 19.5 Å². The summed E-state index contributed by atoms with van der Waals surface area (Å²) in [6, 6.07) is 17.9. The topological polar surface area (TPSA) is 71.7 Å². The zero-order valence-corrected chi connectivity index (χ0v) is 19.1. The van der Waals surface area contributed by atoms with Gasteiger partial charge in [0.1, 0.15) is 12.7 Å². The van der Waals surface area contributed by atoms with E-state index in [0.717, 1.165) is 40.9 Å². The summed E-state index contributed by atoms with van der Waals surface area (Å²) in [5.41, 5.74) is 6.43. The maximum Gasteiger partial charge on any atom is 0.311 e. The molecule has 1 unspecified atom stereocenters. The molecule has 0 fully saturated rings. The standard InChI is InChI=1S/C26H28ClNO4/c1-26(2)13-22-25(17-6-4-3-5-7-17)24(18-8-10-19(27)11-9-18)21(28(22)16-26)12-23(31)32-15-20(30)14-29/h3-11,20,29-30H,12-16H2,1-2H3. The minimum Gasteiger partial charge on any atom is -0.463 e. The van der Waals surface area contributed by atoms with E-state index in [4.69, 9.17) is 21.4 Å². The fourth-order valence-electron chi connectivity index (χ4n) is 4.49. The Morgan fingerprint density at radius 2 is 1.75 bits per heavy atom. The third-order valence-corrected chi connectivity index (χ3v) is 6.12. The Bertz CT molecular complexity index is 1100. The molecule has 0 spiro atoms. The van der Waals surface area contributed by atoms with Crippen LogP contribution in [0.3, 0.4) is 0 Å². The van der Waals surface area contributed by atoms with Crippen LogP contribution < -0.4 is 0 Å². The molecule has 1 aromatic heterocycles. The van der Waals surface area contributed by atoms with Crippen LogP contribution in [0.15, 0.2) is 54.6 Å². The number of aliphatic hydroxyl groups is 2. The van der Waals surface area contributed by atoms with Gasteiger partial charge in [-0.05, 0) is 35.1 Å². The van der Waals surface area contributed by atoms with Gasteiger partial charge in [0, 0.05) is 34.1 Å². The summed E-state index contributed by atoms with van der Waals surface area (Å²) in [6.45, 7) is 4.59. The Balaban J connectivity index is 1.86. The number of hydrogen-bond acceptors (Lipinski definition) is 4. The molecule has 1 aliphatic heterocycles. The second kappa shape index (κ2) is 9.10. The van der Waals surface area contributed by atoms with Crippen LogP contribution in [-0.4, -0.2) is 40.1 Å². The first-order valence-corrected chi connectivity index (χ1v) is 11.2. The van der Waals surface area contributed by atoms with Gasteiger partial charge in [0.05, 0.1) is 13.0 Å². The number of fused-ring (bicyclic) bond motifs is 1. The number of rotatable bonds is 7. The lowest BCUT2D eigenvalue weighted by molar-refractivity contribution is -0.146. The molecule has 4 rings (SSSR count). The van der Waals surface area contributed by atoms with Gasteiger partial charge in [0.15, 0.2) is 0 Å². The van der Waals surface area contributed by atoms with Crippen molar-refractivity contribution < 1.29 is 19.7 Å². The van der Waals surface area contributed by atoms with Crippen molar-refractivity contribution in [2.45, 2.75) is 39.3 Å². The monoisotopic (exact) mass is 453 g/mol. The molecule has 0 saturated heterocycles. The van der Waals surface area contributed by atoms with E-state index in [9.17, 15) is 9.90 Å².